The molecule has 2 fully saturated rings. The molecule has 1 aliphatic heterocycles. The van der Waals surface area contributed by atoms with Gasteiger partial charge in [-0.3, -0.25) is 0 Å². The van der Waals surface area contributed by atoms with Crippen molar-refractivity contribution in [3.05, 3.63) is 0 Å². The largest absolute Gasteiger partial charge is 0.302 e. The van der Waals surface area contributed by atoms with Gasteiger partial charge in [-0.05, 0) is 59.8 Å². The molecule has 4 nitrogen and oxygen atoms in total. The van der Waals surface area contributed by atoms with Gasteiger partial charge in [-0.15, -0.1) is 0 Å². The smallest absolute Gasteiger partial charge is 0.108 e. The lowest BCUT2D eigenvalue weighted by atomic mass is 10.00. The molecule has 1 saturated carbocycles. The third-order valence-corrected chi connectivity index (χ3v) is 4.97. The van der Waals surface area contributed by atoms with Crippen molar-refractivity contribution in [2.75, 3.05) is 34.2 Å². The second-order valence-corrected chi connectivity index (χ2v) is 6.06. The maximum atomic E-state index is 9.30. The van der Waals surface area contributed by atoms with Crippen molar-refractivity contribution in [1.29, 1.82) is 5.26 Å². The van der Waals surface area contributed by atoms with Crippen molar-refractivity contribution in [3.8, 4) is 6.07 Å². The van der Waals surface area contributed by atoms with Gasteiger partial charge in [-0.25, -0.2) is 0 Å². The number of rotatable bonds is 4. The number of hydrogen-bond donors (Lipinski definition) is 1. The van der Waals surface area contributed by atoms with Crippen LogP contribution in [0.5, 0.6) is 0 Å². The number of likely N-dealkylation sites (N-methyl/N-ethyl adjacent to an activating group) is 2. The summed E-state index contributed by atoms with van der Waals surface area (Å²) >= 11 is 0. The van der Waals surface area contributed by atoms with E-state index in [1.807, 2.05) is 7.05 Å². The predicted octanol–water partition coefficient (Wildman–Crippen LogP) is 1.05. The Morgan fingerprint density at radius 1 is 1.50 bits per heavy atom. The van der Waals surface area contributed by atoms with Crippen molar-refractivity contribution < 1.29 is 0 Å². The van der Waals surface area contributed by atoms with Crippen molar-refractivity contribution in [1.82, 2.24) is 15.1 Å². The molecule has 18 heavy (non-hydrogen) atoms. The predicted molar refractivity (Wildman–Crippen MR) is 73.3 cm³/mol. The van der Waals surface area contributed by atoms with E-state index in [1.165, 1.54) is 19.4 Å². The van der Waals surface area contributed by atoms with Crippen molar-refractivity contribution >= 4 is 0 Å². The van der Waals surface area contributed by atoms with E-state index in [0.717, 1.165) is 25.8 Å². The first-order valence-electron chi connectivity index (χ1n) is 7.11. The summed E-state index contributed by atoms with van der Waals surface area (Å²) in [7, 11) is 6.36. The standard InChI is InChI=1S/C14H26N4/c1-16-14(11-15)7-6-12(9-14)18(3)10-13-5-4-8-17(13)2/h12-13,16H,4-10H2,1-3H3. The van der Waals surface area contributed by atoms with E-state index in [4.69, 9.17) is 0 Å². The van der Waals surface area contributed by atoms with Gasteiger partial charge >= 0.3 is 0 Å². The monoisotopic (exact) mass is 250 g/mol. The van der Waals surface area contributed by atoms with Crippen LogP contribution in [0.2, 0.25) is 0 Å². The molecule has 2 aliphatic rings. The molecule has 0 aromatic carbocycles. The number of likely N-dealkylation sites (tertiary alicyclic amines) is 1. The summed E-state index contributed by atoms with van der Waals surface area (Å²) in [5.74, 6) is 0. The molecule has 0 bridgehead atoms. The molecule has 3 atom stereocenters. The van der Waals surface area contributed by atoms with Gasteiger partial charge in [-0.2, -0.15) is 5.26 Å². The van der Waals surface area contributed by atoms with Gasteiger partial charge in [0.15, 0.2) is 0 Å². The SMILES string of the molecule is CNC1(C#N)CCC(N(C)CC2CCCN2C)C1. The topological polar surface area (TPSA) is 42.3 Å². The van der Waals surface area contributed by atoms with E-state index in [2.05, 4.69) is 35.3 Å². The lowest BCUT2D eigenvalue weighted by Crippen LogP contribution is -2.44. The van der Waals surface area contributed by atoms with E-state index >= 15 is 0 Å². The van der Waals surface area contributed by atoms with Gasteiger partial charge in [0.1, 0.15) is 5.54 Å². The first-order valence-corrected chi connectivity index (χ1v) is 7.11. The van der Waals surface area contributed by atoms with Crippen LogP contribution < -0.4 is 5.32 Å². The zero-order valence-corrected chi connectivity index (χ0v) is 11.9. The zero-order valence-electron chi connectivity index (χ0n) is 11.9. The van der Waals surface area contributed by atoms with E-state index in [9.17, 15) is 5.26 Å². The molecule has 1 saturated heterocycles. The molecule has 0 spiro atoms. The fourth-order valence-electron chi connectivity index (χ4n) is 3.47. The molecule has 1 N–H and O–H groups in total. The normalized spacial score (nSPS) is 37.3. The average Bonchev–Trinajstić information content (AvgIpc) is 2.97. The average molecular weight is 250 g/mol. The summed E-state index contributed by atoms with van der Waals surface area (Å²) in [4.78, 5) is 4.95. The number of hydrogen-bond acceptors (Lipinski definition) is 4. The Balaban J connectivity index is 1.87. The summed E-state index contributed by atoms with van der Waals surface area (Å²) in [5.41, 5.74) is -0.277. The first kappa shape index (κ1) is 13.8. The maximum Gasteiger partial charge on any atom is 0.108 e. The molecule has 1 heterocycles. The summed E-state index contributed by atoms with van der Waals surface area (Å²) in [5, 5.41) is 12.5. The van der Waals surface area contributed by atoms with Crippen LogP contribution in [0.15, 0.2) is 0 Å². The highest BCUT2D eigenvalue weighted by atomic mass is 15.2. The molecule has 2 rings (SSSR count). The molecule has 0 radical (unpaired) electrons. The Labute approximate surface area is 111 Å². The second kappa shape index (κ2) is 5.56. The van der Waals surface area contributed by atoms with Gasteiger partial charge < -0.3 is 15.1 Å². The van der Waals surface area contributed by atoms with Gasteiger partial charge in [0.2, 0.25) is 0 Å². The minimum absolute atomic E-state index is 0.277. The molecule has 0 aromatic rings. The van der Waals surface area contributed by atoms with Crippen LogP contribution in [-0.4, -0.2) is 61.7 Å². The molecular weight excluding hydrogens is 224 g/mol. The van der Waals surface area contributed by atoms with Gasteiger partial charge in [0.25, 0.3) is 0 Å². The van der Waals surface area contributed by atoms with Crippen LogP contribution in [0.4, 0.5) is 0 Å². The van der Waals surface area contributed by atoms with Gasteiger partial charge in [-0.1, -0.05) is 0 Å². The third kappa shape index (κ3) is 2.69. The van der Waals surface area contributed by atoms with E-state index in [-0.39, 0.29) is 5.54 Å². The number of nitrogens with zero attached hydrogens (tertiary/aromatic N) is 3. The quantitative estimate of drug-likeness (QED) is 0.810. The van der Waals surface area contributed by atoms with E-state index in [0.29, 0.717) is 12.1 Å². The first-order chi connectivity index (χ1) is 8.60. The van der Waals surface area contributed by atoms with Crippen molar-refractivity contribution in [2.45, 2.75) is 49.7 Å². The van der Waals surface area contributed by atoms with Crippen LogP contribution in [0.3, 0.4) is 0 Å². The van der Waals surface area contributed by atoms with Crippen LogP contribution in [0.25, 0.3) is 0 Å². The molecule has 1 aliphatic carbocycles. The fourth-order valence-corrected chi connectivity index (χ4v) is 3.47. The third-order valence-electron chi connectivity index (χ3n) is 4.97. The van der Waals surface area contributed by atoms with Crippen LogP contribution >= 0.6 is 0 Å². The lowest BCUT2D eigenvalue weighted by Gasteiger charge is -2.31. The Hall–Kier alpha value is -0.630. The van der Waals surface area contributed by atoms with Crippen LogP contribution in [0, 0.1) is 11.3 Å². The second-order valence-electron chi connectivity index (χ2n) is 6.06. The van der Waals surface area contributed by atoms with Crippen molar-refractivity contribution in [2.24, 2.45) is 0 Å². The summed E-state index contributed by atoms with van der Waals surface area (Å²) in [6.45, 7) is 2.38. The van der Waals surface area contributed by atoms with Crippen molar-refractivity contribution in [3.63, 3.8) is 0 Å². The Morgan fingerprint density at radius 3 is 2.78 bits per heavy atom. The Morgan fingerprint density at radius 2 is 2.28 bits per heavy atom. The fraction of sp³-hybridized carbons (Fsp3) is 0.929. The minimum atomic E-state index is -0.277. The molecule has 102 valence electrons. The summed E-state index contributed by atoms with van der Waals surface area (Å²) in [6, 6.07) is 3.74. The van der Waals surface area contributed by atoms with Crippen LogP contribution in [0.1, 0.15) is 32.1 Å². The molecular formula is C14H26N4. The lowest BCUT2D eigenvalue weighted by molar-refractivity contribution is 0.174. The van der Waals surface area contributed by atoms with E-state index < -0.39 is 0 Å². The number of nitriles is 1. The Kier molecular flexibility index (Phi) is 4.26. The molecule has 3 unspecified atom stereocenters. The van der Waals surface area contributed by atoms with Crippen LogP contribution in [-0.2, 0) is 0 Å². The number of nitrogens with one attached hydrogen (secondary N) is 1. The highest BCUT2D eigenvalue weighted by Crippen LogP contribution is 2.32. The van der Waals surface area contributed by atoms with E-state index in [1.54, 1.807) is 0 Å². The zero-order chi connectivity index (χ0) is 13.2. The van der Waals surface area contributed by atoms with Gasteiger partial charge in [0, 0.05) is 18.6 Å². The van der Waals surface area contributed by atoms with Gasteiger partial charge in [0.05, 0.1) is 6.07 Å². The highest BCUT2D eigenvalue weighted by Gasteiger charge is 2.40. The summed E-state index contributed by atoms with van der Waals surface area (Å²) < 4.78 is 0. The molecule has 4 heteroatoms. The highest BCUT2D eigenvalue weighted by molar-refractivity contribution is 5.12. The molecule has 0 amide bonds. The summed E-state index contributed by atoms with van der Waals surface area (Å²) in [6.07, 6.45) is 5.74. The Bertz CT molecular complexity index is 324. The maximum absolute atomic E-state index is 9.30. The molecule has 0 aromatic heterocycles. The minimum Gasteiger partial charge on any atom is -0.302 e.